The Morgan fingerprint density at radius 3 is 2.38 bits per heavy atom. The fourth-order valence-electron chi connectivity index (χ4n) is 1.14. The van der Waals surface area contributed by atoms with Crippen LogP contribution in [0.3, 0.4) is 0 Å². The van der Waals surface area contributed by atoms with E-state index in [4.69, 9.17) is 0 Å². The highest BCUT2D eigenvalue weighted by atomic mass is 14.1. The largest absolute Gasteiger partial charge is 0.0991 e. The van der Waals surface area contributed by atoms with Gasteiger partial charge in [-0.1, -0.05) is 50.6 Å². The molecule has 0 fully saturated rings. The van der Waals surface area contributed by atoms with E-state index in [1.807, 2.05) is 12.2 Å². The van der Waals surface area contributed by atoms with Crippen LogP contribution in [0.2, 0.25) is 0 Å². The Kier molecular flexibility index (Phi) is 6.30. The summed E-state index contributed by atoms with van der Waals surface area (Å²) >= 11 is 0. The van der Waals surface area contributed by atoms with Gasteiger partial charge in [-0.05, 0) is 31.8 Å². The van der Waals surface area contributed by atoms with Gasteiger partial charge in [0.2, 0.25) is 0 Å². The highest BCUT2D eigenvalue weighted by Crippen LogP contribution is 2.18. The second-order valence-corrected chi connectivity index (χ2v) is 3.84. The molecule has 0 saturated heterocycles. The summed E-state index contributed by atoms with van der Waals surface area (Å²) in [5.41, 5.74) is 2.87. The standard InChI is InChI=1S/C13H22/c1-6-8-9-13(11(3)4)10-12(5)7-2/h6,8-9,12H,1,7,10H2,2-5H3. The maximum Gasteiger partial charge on any atom is -0.0254 e. The Labute approximate surface area is 83.0 Å². The van der Waals surface area contributed by atoms with Gasteiger partial charge in [0.15, 0.2) is 0 Å². The van der Waals surface area contributed by atoms with Crippen molar-refractivity contribution in [1.82, 2.24) is 0 Å². The fourth-order valence-corrected chi connectivity index (χ4v) is 1.14. The van der Waals surface area contributed by atoms with E-state index in [2.05, 4.69) is 40.3 Å². The molecule has 0 aliphatic heterocycles. The zero-order valence-electron chi connectivity index (χ0n) is 9.43. The molecule has 0 spiro atoms. The van der Waals surface area contributed by atoms with Crippen LogP contribution >= 0.6 is 0 Å². The molecule has 0 rings (SSSR count). The van der Waals surface area contributed by atoms with Gasteiger partial charge in [0.05, 0.1) is 0 Å². The molecule has 0 amide bonds. The molecule has 0 saturated carbocycles. The number of allylic oxidation sites excluding steroid dienone is 5. The normalized spacial score (nSPS) is 12.9. The van der Waals surface area contributed by atoms with Crippen molar-refractivity contribution in [3.05, 3.63) is 36.0 Å². The Hall–Kier alpha value is -0.780. The lowest BCUT2D eigenvalue weighted by Crippen LogP contribution is -1.94. The number of hydrogen-bond donors (Lipinski definition) is 0. The van der Waals surface area contributed by atoms with Gasteiger partial charge in [0, 0.05) is 0 Å². The van der Waals surface area contributed by atoms with E-state index in [1.165, 1.54) is 24.0 Å². The van der Waals surface area contributed by atoms with Crippen molar-refractivity contribution in [3.63, 3.8) is 0 Å². The zero-order chi connectivity index (χ0) is 10.3. The molecular weight excluding hydrogens is 156 g/mol. The predicted octanol–water partition coefficient (Wildman–Crippen LogP) is 4.50. The molecule has 1 unspecified atom stereocenters. The molecule has 0 heterocycles. The monoisotopic (exact) mass is 178 g/mol. The van der Waals surface area contributed by atoms with Crippen LogP contribution in [-0.4, -0.2) is 0 Å². The summed E-state index contributed by atoms with van der Waals surface area (Å²) < 4.78 is 0. The van der Waals surface area contributed by atoms with Gasteiger partial charge in [0.1, 0.15) is 0 Å². The molecule has 0 aromatic heterocycles. The molecule has 0 N–H and O–H groups in total. The second kappa shape index (κ2) is 6.71. The molecule has 0 heteroatoms. The van der Waals surface area contributed by atoms with E-state index in [0.29, 0.717) is 0 Å². The first kappa shape index (κ1) is 12.2. The highest BCUT2D eigenvalue weighted by Gasteiger charge is 2.02. The smallest absolute Gasteiger partial charge is 0.0254 e. The molecular formula is C13H22. The Morgan fingerprint density at radius 1 is 1.38 bits per heavy atom. The molecule has 0 radical (unpaired) electrons. The van der Waals surface area contributed by atoms with Crippen molar-refractivity contribution < 1.29 is 0 Å². The summed E-state index contributed by atoms with van der Waals surface area (Å²) in [6.45, 7) is 12.6. The lowest BCUT2D eigenvalue weighted by Gasteiger charge is -2.10. The van der Waals surface area contributed by atoms with E-state index >= 15 is 0 Å². The Balaban J connectivity index is 4.37. The van der Waals surface area contributed by atoms with Crippen molar-refractivity contribution >= 4 is 0 Å². The van der Waals surface area contributed by atoms with Crippen LogP contribution in [-0.2, 0) is 0 Å². The average molecular weight is 178 g/mol. The topological polar surface area (TPSA) is 0 Å². The van der Waals surface area contributed by atoms with Crippen LogP contribution in [0.5, 0.6) is 0 Å². The first-order chi connectivity index (χ1) is 6.11. The summed E-state index contributed by atoms with van der Waals surface area (Å²) in [4.78, 5) is 0. The molecule has 0 nitrogen and oxygen atoms in total. The van der Waals surface area contributed by atoms with E-state index < -0.39 is 0 Å². The molecule has 0 aromatic carbocycles. The Morgan fingerprint density at radius 2 is 2.00 bits per heavy atom. The quantitative estimate of drug-likeness (QED) is 0.544. The third-order valence-corrected chi connectivity index (χ3v) is 2.34. The van der Waals surface area contributed by atoms with E-state index in [9.17, 15) is 0 Å². The van der Waals surface area contributed by atoms with Gasteiger partial charge in [-0.15, -0.1) is 0 Å². The van der Waals surface area contributed by atoms with Crippen LogP contribution < -0.4 is 0 Å². The van der Waals surface area contributed by atoms with Crippen molar-refractivity contribution in [2.24, 2.45) is 5.92 Å². The highest BCUT2D eigenvalue weighted by molar-refractivity contribution is 5.25. The van der Waals surface area contributed by atoms with Crippen molar-refractivity contribution in [3.8, 4) is 0 Å². The Bertz CT molecular complexity index is 202. The zero-order valence-corrected chi connectivity index (χ0v) is 9.43. The van der Waals surface area contributed by atoms with Crippen LogP contribution in [0.1, 0.15) is 40.5 Å². The van der Waals surface area contributed by atoms with Crippen molar-refractivity contribution in [1.29, 1.82) is 0 Å². The van der Waals surface area contributed by atoms with E-state index in [-0.39, 0.29) is 0 Å². The summed E-state index contributed by atoms with van der Waals surface area (Å²) in [5.74, 6) is 0.777. The molecule has 74 valence electrons. The van der Waals surface area contributed by atoms with Gasteiger partial charge in [-0.2, -0.15) is 0 Å². The summed E-state index contributed by atoms with van der Waals surface area (Å²) in [5, 5.41) is 0. The van der Waals surface area contributed by atoms with Gasteiger partial charge >= 0.3 is 0 Å². The minimum absolute atomic E-state index is 0.777. The van der Waals surface area contributed by atoms with Gasteiger partial charge in [-0.25, -0.2) is 0 Å². The fraction of sp³-hybridized carbons (Fsp3) is 0.538. The van der Waals surface area contributed by atoms with Crippen molar-refractivity contribution in [2.75, 3.05) is 0 Å². The second-order valence-electron chi connectivity index (χ2n) is 3.84. The number of rotatable bonds is 5. The van der Waals surface area contributed by atoms with Gasteiger partial charge < -0.3 is 0 Å². The summed E-state index contributed by atoms with van der Waals surface area (Å²) in [6.07, 6.45) is 8.46. The van der Waals surface area contributed by atoms with Gasteiger partial charge in [0.25, 0.3) is 0 Å². The van der Waals surface area contributed by atoms with E-state index in [0.717, 1.165) is 5.92 Å². The lowest BCUT2D eigenvalue weighted by molar-refractivity contribution is 0.560. The summed E-state index contributed by atoms with van der Waals surface area (Å²) in [7, 11) is 0. The van der Waals surface area contributed by atoms with Gasteiger partial charge in [-0.3, -0.25) is 0 Å². The molecule has 1 atom stereocenters. The minimum Gasteiger partial charge on any atom is -0.0991 e. The molecule has 0 bridgehead atoms. The van der Waals surface area contributed by atoms with Crippen LogP contribution in [0.25, 0.3) is 0 Å². The molecule has 0 aromatic rings. The summed E-state index contributed by atoms with van der Waals surface area (Å²) in [6, 6.07) is 0. The van der Waals surface area contributed by atoms with Crippen LogP contribution in [0, 0.1) is 5.92 Å². The maximum atomic E-state index is 3.68. The third kappa shape index (κ3) is 5.46. The van der Waals surface area contributed by atoms with Crippen LogP contribution in [0.15, 0.2) is 36.0 Å². The lowest BCUT2D eigenvalue weighted by atomic mass is 9.96. The SMILES string of the molecule is C=CC=CC(CC(C)CC)=C(C)C. The molecule has 0 aliphatic carbocycles. The molecule has 0 aliphatic rings. The first-order valence-electron chi connectivity index (χ1n) is 5.07. The number of hydrogen-bond acceptors (Lipinski definition) is 0. The maximum absolute atomic E-state index is 3.68. The van der Waals surface area contributed by atoms with Crippen LogP contribution in [0.4, 0.5) is 0 Å². The van der Waals surface area contributed by atoms with Crippen molar-refractivity contribution in [2.45, 2.75) is 40.5 Å². The first-order valence-corrected chi connectivity index (χ1v) is 5.07. The minimum atomic E-state index is 0.777. The predicted molar refractivity (Wildman–Crippen MR) is 61.8 cm³/mol. The average Bonchev–Trinajstić information content (AvgIpc) is 2.11. The molecule has 13 heavy (non-hydrogen) atoms. The third-order valence-electron chi connectivity index (χ3n) is 2.34. The van der Waals surface area contributed by atoms with E-state index in [1.54, 1.807) is 0 Å².